The third-order valence-corrected chi connectivity index (χ3v) is 5.74. The van der Waals surface area contributed by atoms with Gasteiger partial charge in [0.2, 0.25) is 0 Å². The fourth-order valence-corrected chi connectivity index (χ4v) is 4.13. The SMILES string of the molecule is COc1cc2c(C)cc3c(c2cc1OC)C(=O)N(C(C)(C)c1ccccc1)C3=O. The smallest absolute Gasteiger partial charge is 0.262 e. The van der Waals surface area contributed by atoms with E-state index >= 15 is 0 Å². The van der Waals surface area contributed by atoms with Crippen molar-refractivity contribution in [2.45, 2.75) is 26.3 Å². The van der Waals surface area contributed by atoms with Crippen LogP contribution >= 0.6 is 0 Å². The highest BCUT2D eigenvalue weighted by Crippen LogP contribution is 2.42. The second-order valence-electron chi connectivity index (χ2n) is 7.74. The van der Waals surface area contributed by atoms with Crippen LogP contribution in [-0.4, -0.2) is 30.9 Å². The van der Waals surface area contributed by atoms with Gasteiger partial charge < -0.3 is 9.47 Å². The van der Waals surface area contributed by atoms with E-state index in [0.717, 1.165) is 16.5 Å². The second kappa shape index (κ2) is 6.62. The molecule has 0 atom stereocenters. The fraction of sp³-hybridized carbons (Fsp3) is 0.250. The number of methoxy groups -OCH3 is 2. The maximum Gasteiger partial charge on any atom is 0.262 e. The number of benzene rings is 3. The van der Waals surface area contributed by atoms with Gasteiger partial charge in [0.15, 0.2) is 11.5 Å². The Bertz CT molecular complexity index is 1150. The molecular weight excluding hydrogens is 366 g/mol. The van der Waals surface area contributed by atoms with E-state index in [-0.39, 0.29) is 11.8 Å². The molecule has 0 saturated heterocycles. The Morgan fingerprint density at radius 2 is 1.41 bits per heavy atom. The van der Waals surface area contributed by atoms with Gasteiger partial charge in [-0.25, -0.2) is 0 Å². The molecule has 1 aliphatic rings. The van der Waals surface area contributed by atoms with Gasteiger partial charge in [-0.2, -0.15) is 0 Å². The molecule has 0 radical (unpaired) electrons. The summed E-state index contributed by atoms with van der Waals surface area (Å²) < 4.78 is 10.8. The van der Waals surface area contributed by atoms with E-state index in [9.17, 15) is 9.59 Å². The highest BCUT2D eigenvalue weighted by atomic mass is 16.5. The summed E-state index contributed by atoms with van der Waals surface area (Å²) in [6, 6.07) is 15.0. The van der Waals surface area contributed by atoms with Crippen LogP contribution < -0.4 is 9.47 Å². The Morgan fingerprint density at radius 1 is 0.828 bits per heavy atom. The van der Waals surface area contributed by atoms with Crippen LogP contribution in [0.3, 0.4) is 0 Å². The molecule has 0 aromatic heterocycles. The van der Waals surface area contributed by atoms with Gasteiger partial charge in [-0.3, -0.25) is 14.5 Å². The molecular formula is C24H23NO4. The second-order valence-corrected chi connectivity index (χ2v) is 7.74. The number of carbonyl (C=O) groups is 2. The predicted octanol–water partition coefficient (Wildman–Crippen LogP) is 4.70. The van der Waals surface area contributed by atoms with Crippen LogP contribution in [0.15, 0.2) is 48.5 Å². The van der Waals surface area contributed by atoms with Crippen molar-refractivity contribution in [2.75, 3.05) is 14.2 Å². The molecule has 0 fully saturated rings. The average molecular weight is 389 g/mol. The number of aryl methyl sites for hydroxylation is 1. The first-order valence-electron chi connectivity index (χ1n) is 9.45. The lowest BCUT2D eigenvalue weighted by atomic mass is 9.92. The number of carbonyl (C=O) groups excluding carboxylic acids is 2. The number of imide groups is 1. The first kappa shape index (κ1) is 19.0. The van der Waals surface area contributed by atoms with Crippen molar-refractivity contribution >= 4 is 22.6 Å². The minimum Gasteiger partial charge on any atom is -0.493 e. The lowest BCUT2D eigenvalue weighted by Gasteiger charge is -2.34. The van der Waals surface area contributed by atoms with E-state index in [4.69, 9.17) is 9.47 Å². The van der Waals surface area contributed by atoms with E-state index in [1.54, 1.807) is 26.4 Å². The maximum absolute atomic E-state index is 13.5. The number of fused-ring (bicyclic) bond motifs is 3. The number of nitrogens with zero attached hydrogens (tertiary/aromatic N) is 1. The van der Waals surface area contributed by atoms with Crippen molar-refractivity contribution in [2.24, 2.45) is 0 Å². The molecule has 2 amide bonds. The summed E-state index contributed by atoms with van der Waals surface area (Å²) in [5.41, 5.74) is 1.86. The number of hydrogen-bond donors (Lipinski definition) is 0. The molecule has 0 bridgehead atoms. The number of hydrogen-bond acceptors (Lipinski definition) is 4. The first-order chi connectivity index (χ1) is 13.8. The molecule has 0 spiro atoms. The Morgan fingerprint density at radius 3 is 2.00 bits per heavy atom. The Balaban J connectivity index is 1.95. The highest BCUT2D eigenvalue weighted by Gasteiger charge is 2.46. The van der Waals surface area contributed by atoms with Crippen LogP contribution in [0.25, 0.3) is 10.8 Å². The van der Waals surface area contributed by atoms with Gasteiger partial charge in [0.1, 0.15) is 0 Å². The first-order valence-corrected chi connectivity index (χ1v) is 9.45. The fourth-order valence-electron chi connectivity index (χ4n) is 4.13. The lowest BCUT2D eigenvalue weighted by molar-refractivity contribution is 0.0476. The Labute approximate surface area is 169 Å². The van der Waals surface area contributed by atoms with Gasteiger partial charge in [0.05, 0.1) is 30.9 Å². The monoisotopic (exact) mass is 389 g/mol. The van der Waals surface area contributed by atoms with Crippen molar-refractivity contribution in [3.8, 4) is 11.5 Å². The molecule has 29 heavy (non-hydrogen) atoms. The van der Waals surface area contributed by atoms with E-state index < -0.39 is 5.54 Å². The minimum absolute atomic E-state index is 0.279. The molecule has 3 aromatic rings. The predicted molar refractivity (Wildman–Crippen MR) is 112 cm³/mol. The van der Waals surface area contributed by atoms with Crippen LogP contribution in [0.2, 0.25) is 0 Å². The minimum atomic E-state index is -0.786. The largest absolute Gasteiger partial charge is 0.493 e. The average Bonchev–Trinajstić information content (AvgIpc) is 2.98. The number of ether oxygens (including phenoxy) is 2. The third kappa shape index (κ3) is 2.69. The van der Waals surface area contributed by atoms with Gasteiger partial charge in [-0.1, -0.05) is 30.3 Å². The van der Waals surface area contributed by atoms with Gasteiger partial charge in [-0.05, 0) is 60.9 Å². The summed E-state index contributed by atoms with van der Waals surface area (Å²) in [6.07, 6.45) is 0. The Hall–Kier alpha value is -3.34. The van der Waals surface area contributed by atoms with Gasteiger partial charge in [0, 0.05) is 0 Å². The summed E-state index contributed by atoms with van der Waals surface area (Å²) >= 11 is 0. The van der Waals surface area contributed by atoms with Crippen LogP contribution in [0.5, 0.6) is 11.5 Å². The van der Waals surface area contributed by atoms with E-state index in [2.05, 4.69) is 0 Å². The summed E-state index contributed by atoms with van der Waals surface area (Å²) in [7, 11) is 3.13. The van der Waals surface area contributed by atoms with Gasteiger partial charge >= 0.3 is 0 Å². The van der Waals surface area contributed by atoms with Gasteiger partial charge in [-0.15, -0.1) is 0 Å². The van der Waals surface area contributed by atoms with Gasteiger partial charge in [0.25, 0.3) is 11.8 Å². The summed E-state index contributed by atoms with van der Waals surface area (Å²) in [6.45, 7) is 5.71. The van der Waals surface area contributed by atoms with Crippen LogP contribution in [0.4, 0.5) is 0 Å². The zero-order valence-electron chi connectivity index (χ0n) is 17.2. The van der Waals surface area contributed by atoms with E-state index in [1.165, 1.54) is 4.90 Å². The highest BCUT2D eigenvalue weighted by molar-refractivity contribution is 6.27. The van der Waals surface area contributed by atoms with Crippen LogP contribution in [0.1, 0.15) is 45.7 Å². The lowest BCUT2D eigenvalue weighted by Crippen LogP contribution is -2.45. The molecule has 0 aliphatic carbocycles. The summed E-state index contributed by atoms with van der Waals surface area (Å²) in [4.78, 5) is 28.3. The van der Waals surface area contributed by atoms with Crippen molar-refractivity contribution in [3.63, 3.8) is 0 Å². The molecule has 1 aliphatic heterocycles. The normalized spacial score (nSPS) is 13.8. The molecule has 5 heteroatoms. The molecule has 148 valence electrons. The quantitative estimate of drug-likeness (QED) is 0.607. The van der Waals surface area contributed by atoms with Crippen LogP contribution in [-0.2, 0) is 5.54 Å². The zero-order valence-corrected chi connectivity index (χ0v) is 17.2. The van der Waals surface area contributed by atoms with Crippen molar-refractivity contribution in [3.05, 3.63) is 70.8 Å². The summed E-state index contributed by atoms with van der Waals surface area (Å²) in [5.74, 6) is 0.532. The van der Waals surface area contributed by atoms with E-state index in [1.807, 2.05) is 57.2 Å². The number of rotatable bonds is 4. The number of amides is 2. The molecule has 0 saturated carbocycles. The van der Waals surface area contributed by atoms with Crippen molar-refractivity contribution < 1.29 is 19.1 Å². The van der Waals surface area contributed by atoms with E-state index in [0.29, 0.717) is 28.0 Å². The standard InChI is InChI=1S/C24H23NO4/c1-14-11-18-21(17-13-20(29-5)19(28-4)12-16(14)17)23(27)25(22(18)26)24(2,3)15-9-7-6-8-10-15/h6-13H,1-5H3. The zero-order chi connectivity index (χ0) is 20.9. The molecule has 0 unspecified atom stereocenters. The van der Waals surface area contributed by atoms with Crippen molar-refractivity contribution in [1.82, 2.24) is 4.90 Å². The maximum atomic E-state index is 13.5. The molecule has 3 aromatic carbocycles. The third-order valence-electron chi connectivity index (χ3n) is 5.74. The van der Waals surface area contributed by atoms with Crippen molar-refractivity contribution in [1.29, 1.82) is 0 Å². The molecule has 1 heterocycles. The molecule has 4 rings (SSSR count). The van der Waals surface area contributed by atoms with Crippen LogP contribution in [0, 0.1) is 6.92 Å². The topological polar surface area (TPSA) is 55.8 Å². The Kier molecular flexibility index (Phi) is 4.34. The summed E-state index contributed by atoms with van der Waals surface area (Å²) in [5, 5.41) is 1.56. The molecule has 0 N–H and O–H groups in total. The molecule has 5 nitrogen and oxygen atoms in total.